The van der Waals surface area contributed by atoms with Gasteiger partial charge in [0.05, 0.1) is 0 Å². The molecule has 0 saturated heterocycles. The van der Waals surface area contributed by atoms with Gasteiger partial charge in [-0.1, -0.05) is 34.5 Å². The van der Waals surface area contributed by atoms with Gasteiger partial charge in [-0.25, -0.2) is 0 Å². The molecule has 2 rings (SSSR count). The number of aromatic nitrogens is 2. The number of nitrogens with zero attached hydrogens (tertiary/aromatic N) is 2. The Morgan fingerprint density at radius 2 is 1.95 bits per heavy atom. The molecule has 0 saturated carbocycles. The Morgan fingerprint density at radius 1 is 1.26 bits per heavy atom. The lowest BCUT2D eigenvalue weighted by molar-refractivity contribution is 0.127. The molecular formula is C14H19N3O2. The van der Waals surface area contributed by atoms with Gasteiger partial charge in [0.15, 0.2) is 5.82 Å². The fraction of sp³-hybridized carbons (Fsp3) is 0.429. The molecule has 0 fully saturated rings. The normalized spacial score (nSPS) is 12.6. The van der Waals surface area contributed by atoms with Crippen LogP contribution in [0.5, 0.6) is 0 Å². The molecule has 0 spiro atoms. The molecule has 0 aliphatic carbocycles. The van der Waals surface area contributed by atoms with E-state index in [4.69, 9.17) is 10.3 Å². The van der Waals surface area contributed by atoms with Gasteiger partial charge in [-0.15, -0.1) is 0 Å². The molecule has 1 atom stereocenters. The summed E-state index contributed by atoms with van der Waals surface area (Å²) in [6.07, 6.45) is 0.248. The Labute approximate surface area is 112 Å². The van der Waals surface area contributed by atoms with Gasteiger partial charge in [-0.3, -0.25) is 0 Å². The van der Waals surface area contributed by atoms with E-state index in [1.54, 1.807) is 0 Å². The number of nitrogens with two attached hydrogens (primary N) is 1. The van der Waals surface area contributed by atoms with Crippen LogP contribution in [-0.2, 0) is 6.42 Å². The number of hydrogen-bond acceptors (Lipinski definition) is 5. The molecule has 0 aliphatic heterocycles. The predicted molar refractivity (Wildman–Crippen MR) is 71.7 cm³/mol. The maximum atomic E-state index is 9.71. The Kier molecular flexibility index (Phi) is 4.29. The molecule has 5 nitrogen and oxygen atoms in total. The average molecular weight is 261 g/mol. The van der Waals surface area contributed by atoms with Crippen molar-refractivity contribution in [2.24, 2.45) is 5.73 Å². The Morgan fingerprint density at radius 3 is 2.58 bits per heavy atom. The molecule has 19 heavy (non-hydrogen) atoms. The second-order valence-electron chi connectivity index (χ2n) is 4.81. The number of aliphatic hydroxyl groups is 1. The predicted octanol–water partition coefficient (Wildman–Crippen LogP) is 1.66. The van der Waals surface area contributed by atoms with Gasteiger partial charge in [0.2, 0.25) is 0 Å². The van der Waals surface area contributed by atoms with Crippen LogP contribution in [0.1, 0.15) is 40.9 Å². The molecule has 102 valence electrons. The third-order valence-electron chi connectivity index (χ3n) is 2.85. The van der Waals surface area contributed by atoms with Crippen LogP contribution in [0.15, 0.2) is 22.7 Å². The van der Waals surface area contributed by atoms with Crippen molar-refractivity contribution in [1.29, 1.82) is 0 Å². The lowest BCUT2D eigenvalue weighted by atomic mass is 10.1. The van der Waals surface area contributed by atoms with E-state index in [9.17, 15) is 5.11 Å². The van der Waals surface area contributed by atoms with E-state index in [0.717, 1.165) is 5.56 Å². The summed E-state index contributed by atoms with van der Waals surface area (Å²) in [6.45, 7) is 4.50. The largest absolute Gasteiger partial charge is 0.383 e. The molecule has 1 aromatic carbocycles. The van der Waals surface area contributed by atoms with Crippen LogP contribution in [0.25, 0.3) is 0 Å². The number of benzene rings is 1. The minimum Gasteiger partial charge on any atom is -0.383 e. The van der Waals surface area contributed by atoms with Crippen molar-refractivity contribution in [3.8, 4) is 0 Å². The highest BCUT2D eigenvalue weighted by molar-refractivity contribution is 5.30. The number of aryl methyl sites for hydroxylation is 2. The molecule has 5 heteroatoms. The Bertz CT molecular complexity index is 531. The quantitative estimate of drug-likeness (QED) is 0.855. The topological polar surface area (TPSA) is 85.2 Å². The van der Waals surface area contributed by atoms with Crippen LogP contribution in [-0.4, -0.2) is 21.8 Å². The van der Waals surface area contributed by atoms with Crippen molar-refractivity contribution in [2.75, 3.05) is 6.54 Å². The molecule has 3 N–H and O–H groups in total. The van der Waals surface area contributed by atoms with Gasteiger partial charge in [-0.05, 0) is 32.4 Å². The standard InChI is InChI=1S/C14H19N3O2/c1-9-5-10(2)7-11(6-9)8-13-16-14(19-17-13)12(18)3-4-15/h5-7,12,18H,3-4,8,15H2,1-2H3. The maximum Gasteiger partial charge on any atom is 0.255 e. The summed E-state index contributed by atoms with van der Waals surface area (Å²) in [7, 11) is 0. The van der Waals surface area contributed by atoms with E-state index in [-0.39, 0.29) is 5.89 Å². The second kappa shape index (κ2) is 5.95. The zero-order chi connectivity index (χ0) is 13.8. The molecule has 1 heterocycles. The zero-order valence-corrected chi connectivity index (χ0v) is 11.3. The number of rotatable bonds is 5. The first-order valence-electron chi connectivity index (χ1n) is 6.36. The van der Waals surface area contributed by atoms with Gasteiger partial charge < -0.3 is 15.4 Å². The summed E-state index contributed by atoms with van der Waals surface area (Å²) in [4.78, 5) is 4.20. The summed E-state index contributed by atoms with van der Waals surface area (Å²) in [5, 5.41) is 13.6. The highest BCUT2D eigenvalue weighted by Crippen LogP contribution is 2.16. The van der Waals surface area contributed by atoms with Crippen LogP contribution >= 0.6 is 0 Å². The first kappa shape index (κ1) is 13.7. The SMILES string of the molecule is Cc1cc(C)cc(Cc2noc(C(O)CCN)n2)c1. The van der Waals surface area contributed by atoms with Gasteiger partial charge in [-0.2, -0.15) is 4.98 Å². The van der Waals surface area contributed by atoms with E-state index < -0.39 is 6.10 Å². The first-order valence-corrected chi connectivity index (χ1v) is 6.36. The summed E-state index contributed by atoms with van der Waals surface area (Å²) in [6, 6.07) is 6.31. The average Bonchev–Trinajstić information content (AvgIpc) is 2.76. The first-order chi connectivity index (χ1) is 9.08. The summed E-state index contributed by atoms with van der Waals surface area (Å²) < 4.78 is 5.05. The smallest absolute Gasteiger partial charge is 0.255 e. The minimum atomic E-state index is -0.773. The van der Waals surface area contributed by atoms with E-state index in [0.29, 0.717) is 25.2 Å². The van der Waals surface area contributed by atoms with Crippen molar-refractivity contribution in [3.05, 3.63) is 46.6 Å². The fourth-order valence-electron chi connectivity index (χ4n) is 2.11. The van der Waals surface area contributed by atoms with Crippen LogP contribution in [0.4, 0.5) is 0 Å². The van der Waals surface area contributed by atoms with Crippen molar-refractivity contribution in [1.82, 2.24) is 10.1 Å². The number of aliphatic hydroxyl groups excluding tert-OH is 1. The summed E-state index contributed by atoms with van der Waals surface area (Å²) >= 11 is 0. The van der Waals surface area contributed by atoms with E-state index in [1.807, 2.05) is 0 Å². The molecule has 2 aromatic rings. The van der Waals surface area contributed by atoms with Crippen molar-refractivity contribution in [2.45, 2.75) is 32.8 Å². The maximum absolute atomic E-state index is 9.71. The van der Waals surface area contributed by atoms with Crippen LogP contribution in [0.2, 0.25) is 0 Å². The molecule has 1 aromatic heterocycles. The third kappa shape index (κ3) is 3.62. The highest BCUT2D eigenvalue weighted by atomic mass is 16.5. The molecule has 0 bridgehead atoms. The molecular weight excluding hydrogens is 242 g/mol. The number of hydrogen-bond donors (Lipinski definition) is 2. The van der Waals surface area contributed by atoms with E-state index in [2.05, 4.69) is 42.2 Å². The summed E-state index contributed by atoms with van der Waals surface area (Å²) in [5.74, 6) is 0.820. The minimum absolute atomic E-state index is 0.241. The molecule has 1 unspecified atom stereocenters. The Hall–Kier alpha value is -1.72. The monoisotopic (exact) mass is 261 g/mol. The highest BCUT2D eigenvalue weighted by Gasteiger charge is 2.15. The fourth-order valence-corrected chi connectivity index (χ4v) is 2.11. The van der Waals surface area contributed by atoms with Gasteiger partial charge >= 0.3 is 0 Å². The van der Waals surface area contributed by atoms with Crippen molar-refractivity contribution >= 4 is 0 Å². The Balaban J connectivity index is 2.11. The second-order valence-corrected chi connectivity index (χ2v) is 4.81. The summed E-state index contributed by atoms with van der Waals surface area (Å²) in [5.41, 5.74) is 8.94. The molecule has 0 amide bonds. The van der Waals surface area contributed by atoms with Crippen LogP contribution in [0, 0.1) is 13.8 Å². The van der Waals surface area contributed by atoms with Crippen molar-refractivity contribution < 1.29 is 9.63 Å². The lowest BCUT2D eigenvalue weighted by Gasteiger charge is -2.02. The van der Waals surface area contributed by atoms with Gasteiger partial charge in [0, 0.05) is 6.42 Å². The van der Waals surface area contributed by atoms with Crippen molar-refractivity contribution in [3.63, 3.8) is 0 Å². The lowest BCUT2D eigenvalue weighted by Crippen LogP contribution is -2.07. The van der Waals surface area contributed by atoms with E-state index >= 15 is 0 Å². The van der Waals surface area contributed by atoms with Crippen LogP contribution < -0.4 is 5.73 Å². The molecule has 0 aliphatic rings. The third-order valence-corrected chi connectivity index (χ3v) is 2.85. The zero-order valence-electron chi connectivity index (χ0n) is 11.3. The van der Waals surface area contributed by atoms with Gasteiger partial charge in [0.25, 0.3) is 5.89 Å². The van der Waals surface area contributed by atoms with E-state index in [1.165, 1.54) is 11.1 Å². The van der Waals surface area contributed by atoms with Crippen LogP contribution in [0.3, 0.4) is 0 Å². The van der Waals surface area contributed by atoms with Gasteiger partial charge in [0.1, 0.15) is 6.10 Å². The molecule has 0 radical (unpaired) electrons.